The minimum Gasteiger partial charge on any atom is -0.508 e. The number of amides is 1. The molecule has 19 heavy (non-hydrogen) atoms. The van der Waals surface area contributed by atoms with Gasteiger partial charge in [-0.05, 0) is 38.8 Å². The number of hydrogen-bond donors (Lipinski definition) is 2. The number of phenolic OH excluding ortho intramolecular Hbond substituents is 1. The van der Waals surface area contributed by atoms with Gasteiger partial charge in [0.15, 0.2) is 0 Å². The van der Waals surface area contributed by atoms with Gasteiger partial charge in [-0.25, -0.2) is 0 Å². The van der Waals surface area contributed by atoms with Crippen LogP contribution in [0.5, 0.6) is 5.75 Å². The van der Waals surface area contributed by atoms with Gasteiger partial charge in [0.2, 0.25) is 5.91 Å². The van der Waals surface area contributed by atoms with Gasteiger partial charge in [0, 0.05) is 19.2 Å². The molecule has 0 bridgehead atoms. The normalized spacial score (nSPS) is 13.9. The smallest absolute Gasteiger partial charge is 0.234 e. The highest BCUT2D eigenvalue weighted by Gasteiger charge is 2.34. The molecule has 0 aliphatic heterocycles. The highest BCUT2D eigenvalue weighted by Crippen LogP contribution is 2.30. The lowest BCUT2D eigenvalue weighted by atomic mass is 9.85. The molecule has 0 spiro atoms. The topological polar surface area (TPSA) is 66.6 Å². The Morgan fingerprint density at radius 3 is 2.53 bits per heavy atom. The lowest BCUT2D eigenvalue weighted by Gasteiger charge is -2.33. The number of phenols is 1. The van der Waals surface area contributed by atoms with Crippen LogP contribution in [-0.4, -0.2) is 24.1 Å². The Hall–Kier alpha value is -1.55. The lowest BCUT2D eigenvalue weighted by Crippen LogP contribution is -2.46. The largest absolute Gasteiger partial charge is 0.508 e. The van der Waals surface area contributed by atoms with Gasteiger partial charge in [0.05, 0.1) is 11.1 Å². The quantitative estimate of drug-likeness (QED) is 0.858. The fourth-order valence-corrected chi connectivity index (χ4v) is 2.02. The molecular formula is C15H24N2O2. The monoisotopic (exact) mass is 264 g/mol. The summed E-state index contributed by atoms with van der Waals surface area (Å²) in [6.07, 6.45) is 0.691. The molecule has 1 atom stereocenters. The van der Waals surface area contributed by atoms with Crippen molar-refractivity contribution in [3.8, 4) is 5.75 Å². The Kier molecular flexibility index (Phi) is 4.95. The summed E-state index contributed by atoms with van der Waals surface area (Å²) >= 11 is 0. The van der Waals surface area contributed by atoms with Crippen LogP contribution in [0.3, 0.4) is 0 Å². The number of carbonyl (C=O) groups excluding carboxylic acids is 1. The van der Waals surface area contributed by atoms with Gasteiger partial charge >= 0.3 is 0 Å². The van der Waals surface area contributed by atoms with E-state index in [1.165, 1.54) is 0 Å². The zero-order valence-electron chi connectivity index (χ0n) is 12.2. The van der Waals surface area contributed by atoms with E-state index in [2.05, 4.69) is 0 Å². The molecule has 1 aromatic rings. The minimum atomic E-state index is -0.562. The lowest BCUT2D eigenvalue weighted by molar-refractivity contribution is -0.127. The van der Waals surface area contributed by atoms with Crippen LogP contribution >= 0.6 is 0 Å². The second-order valence-corrected chi connectivity index (χ2v) is 5.14. The fourth-order valence-electron chi connectivity index (χ4n) is 2.02. The van der Waals surface area contributed by atoms with Gasteiger partial charge in [-0.1, -0.05) is 13.0 Å². The van der Waals surface area contributed by atoms with Crippen molar-refractivity contribution >= 4 is 11.6 Å². The van der Waals surface area contributed by atoms with Crippen molar-refractivity contribution < 1.29 is 9.90 Å². The molecular weight excluding hydrogens is 240 g/mol. The van der Waals surface area contributed by atoms with Gasteiger partial charge in [-0.15, -0.1) is 0 Å². The third-order valence-electron chi connectivity index (χ3n) is 3.79. The number of aromatic hydroxyl groups is 1. The average Bonchev–Trinajstić information content (AvgIpc) is 2.42. The standard InChI is InChI=1S/C15H24N2O2/c1-5-15(4,10-16)14(19)17(6-2)13-9-12(18)8-7-11(13)3/h7-9,18H,5-6,10,16H2,1-4H3. The van der Waals surface area contributed by atoms with E-state index < -0.39 is 5.41 Å². The van der Waals surface area contributed by atoms with E-state index in [1.54, 1.807) is 17.0 Å². The van der Waals surface area contributed by atoms with Gasteiger partial charge in [-0.3, -0.25) is 4.79 Å². The number of hydrogen-bond acceptors (Lipinski definition) is 3. The van der Waals surface area contributed by atoms with E-state index in [-0.39, 0.29) is 11.7 Å². The summed E-state index contributed by atoms with van der Waals surface area (Å²) in [6, 6.07) is 5.06. The second kappa shape index (κ2) is 6.06. The molecule has 4 heteroatoms. The van der Waals surface area contributed by atoms with E-state index >= 15 is 0 Å². The molecule has 0 aromatic heterocycles. The van der Waals surface area contributed by atoms with Crippen LogP contribution in [0.1, 0.15) is 32.8 Å². The molecule has 106 valence electrons. The van der Waals surface area contributed by atoms with Crippen LogP contribution in [0.2, 0.25) is 0 Å². The summed E-state index contributed by atoms with van der Waals surface area (Å²) in [4.78, 5) is 14.4. The minimum absolute atomic E-state index is 0.00806. The Balaban J connectivity index is 3.20. The maximum Gasteiger partial charge on any atom is 0.234 e. The van der Waals surface area contributed by atoms with Gasteiger partial charge in [0.25, 0.3) is 0 Å². The summed E-state index contributed by atoms with van der Waals surface area (Å²) in [6.45, 7) is 8.57. The third-order valence-corrected chi connectivity index (χ3v) is 3.79. The number of aryl methyl sites for hydroxylation is 1. The summed E-state index contributed by atoms with van der Waals surface area (Å²) in [5.41, 5.74) is 6.91. The van der Waals surface area contributed by atoms with Crippen molar-refractivity contribution in [2.45, 2.75) is 34.1 Å². The Morgan fingerprint density at radius 2 is 2.05 bits per heavy atom. The summed E-state index contributed by atoms with van der Waals surface area (Å²) in [7, 11) is 0. The van der Waals surface area contributed by atoms with Crippen molar-refractivity contribution in [2.75, 3.05) is 18.0 Å². The first-order valence-electron chi connectivity index (χ1n) is 6.71. The summed E-state index contributed by atoms with van der Waals surface area (Å²) in [5, 5.41) is 9.62. The molecule has 1 rings (SSSR count). The molecule has 0 heterocycles. The molecule has 4 nitrogen and oxygen atoms in total. The van der Waals surface area contributed by atoms with Gasteiger partial charge in [-0.2, -0.15) is 0 Å². The molecule has 0 fully saturated rings. The predicted octanol–water partition coefficient (Wildman–Crippen LogP) is 2.43. The first kappa shape index (κ1) is 15.5. The van der Waals surface area contributed by atoms with Gasteiger partial charge in [0.1, 0.15) is 5.75 Å². The Labute approximate surface area is 115 Å². The Morgan fingerprint density at radius 1 is 1.42 bits per heavy atom. The number of rotatable bonds is 5. The average molecular weight is 264 g/mol. The number of nitrogens with zero attached hydrogens (tertiary/aromatic N) is 1. The summed E-state index contributed by atoms with van der Waals surface area (Å²) in [5.74, 6) is 0.173. The molecule has 0 saturated heterocycles. The molecule has 0 radical (unpaired) electrons. The van der Waals surface area contributed by atoms with Gasteiger partial charge < -0.3 is 15.7 Å². The van der Waals surface area contributed by atoms with E-state index in [0.29, 0.717) is 19.5 Å². The summed E-state index contributed by atoms with van der Waals surface area (Å²) < 4.78 is 0. The van der Waals surface area contributed by atoms with Crippen LogP contribution in [-0.2, 0) is 4.79 Å². The second-order valence-electron chi connectivity index (χ2n) is 5.14. The van der Waals surface area contributed by atoms with Crippen LogP contribution in [0.25, 0.3) is 0 Å². The molecule has 1 unspecified atom stereocenters. The number of benzene rings is 1. The van der Waals surface area contributed by atoms with Crippen LogP contribution < -0.4 is 10.6 Å². The zero-order valence-corrected chi connectivity index (χ0v) is 12.2. The molecule has 0 aliphatic rings. The van der Waals surface area contributed by atoms with E-state index in [1.807, 2.05) is 33.8 Å². The first-order valence-corrected chi connectivity index (χ1v) is 6.71. The molecule has 1 amide bonds. The van der Waals surface area contributed by atoms with E-state index in [9.17, 15) is 9.90 Å². The fraction of sp³-hybridized carbons (Fsp3) is 0.533. The Bertz CT molecular complexity index is 453. The third kappa shape index (κ3) is 3.07. The van der Waals surface area contributed by atoms with Crippen molar-refractivity contribution in [3.63, 3.8) is 0 Å². The van der Waals surface area contributed by atoms with Crippen molar-refractivity contribution in [2.24, 2.45) is 11.1 Å². The molecule has 0 aliphatic carbocycles. The zero-order chi connectivity index (χ0) is 14.6. The number of anilines is 1. The first-order chi connectivity index (χ1) is 8.89. The van der Waals surface area contributed by atoms with Crippen LogP contribution in [0.4, 0.5) is 5.69 Å². The van der Waals surface area contributed by atoms with E-state index in [4.69, 9.17) is 5.73 Å². The predicted molar refractivity (Wildman–Crippen MR) is 78.3 cm³/mol. The van der Waals surface area contributed by atoms with Crippen LogP contribution in [0, 0.1) is 12.3 Å². The maximum absolute atomic E-state index is 12.7. The number of nitrogens with two attached hydrogens (primary N) is 1. The highest BCUT2D eigenvalue weighted by molar-refractivity contribution is 5.98. The molecule has 0 saturated carbocycles. The van der Waals surface area contributed by atoms with Crippen molar-refractivity contribution in [3.05, 3.63) is 23.8 Å². The van der Waals surface area contributed by atoms with Crippen LogP contribution in [0.15, 0.2) is 18.2 Å². The maximum atomic E-state index is 12.7. The molecule has 3 N–H and O–H groups in total. The van der Waals surface area contributed by atoms with Crippen molar-refractivity contribution in [1.29, 1.82) is 0 Å². The van der Waals surface area contributed by atoms with Crippen molar-refractivity contribution in [1.82, 2.24) is 0 Å². The van der Waals surface area contributed by atoms with E-state index in [0.717, 1.165) is 11.3 Å². The highest BCUT2D eigenvalue weighted by atomic mass is 16.3. The molecule has 1 aromatic carbocycles. The SMILES string of the molecule is CCN(C(=O)C(C)(CC)CN)c1cc(O)ccc1C. The number of carbonyl (C=O) groups is 1.